The van der Waals surface area contributed by atoms with Crippen LogP contribution in [0.15, 0.2) is 24.3 Å². The van der Waals surface area contributed by atoms with Crippen molar-refractivity contribution in [2.45, 2.75) is 38.5 Å². The van der Waals surface area contributed by atoms with E-state index in [2.05, 4.69) is 21.9 Å². The maximum Gasteiger partial charge on any atom is 0.227 e. The Hall–Kier alpha value is -1.71. The van der Waals surface area contributed by atoms with Crippen molar-refractivity contribution >= 4 is 17.3 Å². The number of carbonyl (C=O) groups excluding carboxylic acids is 1. The third-order valence-electron chi connectivity index (χ3n) is 4.95. The molecule has 0 radical (unpaired) electrons. The minimum absolute atomic E-state index is 0.157. The van der Waals surface area contributed by atoms with Gasteiger partial charge in [0.05, 0.1) is 5.92 Å². The Labute approximate surface area is 133 Å². The van der Waals surface area contributed by atoms with Gasteiger partial charge < -0.3 is 15.5 Å². The quantitative estimate of drug-likeness (QED) is 0.855. The molecule has 1 aromatic rings. The summed E-state index contributed by atoms with van der Waals surface area (Å²) in [4.78, 5) is 17.3. The largest absolute Gasteiger partial charge is 0.399 e. The van der Waals surface area contributed by atoms with Crippen molar-refractivity contribution in [3.8, 4) is 0 Å². The van der Waals surface area contributed by atoms with Gasteiger partial charge in [-0.1, -0.05) is 12.8 Å². The summed E-state index contributed by atoms with van der Waals surface area (Å²) >= 11 is 0. The maximum absolute atomic E-state index is 12.8. The van der Waals surface area contributed by atoms with Gasteiger partial charge in [0.15, 0.2) is 0 Å². The summed E-state index contributed by atoms with van der Waals surface area (Å²) < 4.78 is 0. The highest BCUT2D eigenvalue weighted by atomic mass is 16.2. The van der Waals surface area contributed by atoms with Crippen LogP contribution in [0.2, 0.25) is 0 Å². The van der Waals surface area contributed by atoms with Gasteiger partial charge in [0.25, 0.3) is 0 Å². The van der Waals surface area contributed by atoms with Crippen LogP contribution in [-0.4, -0.2) is 37.0 Å². The van der Waals surface area contributed by atoms with E-state index in [0.717, 1.165) is 44.7 Å². The predicted molar refractivity (Wildman–Crippen MR) is 90.8 cm³/mol. The van der Waals surface area contributed by atoms with Crippen molar-refractivity contribution in [3.63, 3.8) is 0 Å². The number of nitrogens with two attached hydrogens (primary N) is 1. The molecule has 0 aromatic heterocycles. The number of amides is 1. The summed E-state index contributed by atoms with van der Waals surface area (Å²) in [7, 11) is 0. The highest BCUT2D eigenvalue weighted by Gasteiger charge is 2.29. The van der Waals surface area contributed by atoms with E-state index in [1.54, 1.807) is 0 Å². The van der Waals surface area contributed by atoms with Gasteiger partial charge in [-0.15, -0.1) is 0 Å². The summed E-state index contributed by atoms with van der Waals surface area (Å²) in [5.74, 6) is 0.534. The Morgan fingerprint density at radius 2 is 1.64 bits per heavy atom. The number of hydrogen-bond acceptors (Lipinski definition) is 3. The number of piperidine rings is 1. The number of nitrogens with zero attached hydrogens (tertiary/aromatic N) is 2. The van der Waals surface area contributed by atoms with Gasteiger partial charge >= 0.3 is 0 Å². The number of hydrogen-bond donors (Lipinski definition) is 1. The van der Waals surface area contributed by atoms with Crippen LogP contribution < -0.4 is 10.6 Å². The van der Waals surface area contributed by atoms with Gasteiger partial charge in [0.2, 0.25) is 5.91 Å². The van der Waals surface area contributed by atoms with Crippen molar-refractivity contribution in [1.82, 2.24) is 4.90 Å². The number of carbonyl (C=O) groups is 1. The Balaban J connectivity index is 1.64. The minimum atomic E-state index is 0.157. The van der Waals surface area contributed by atoms with E-state index in [0.29, 0.717) is 5.91 Å². The number of rotatable bonds is 2. The van der Waals surface area contributed by atoms with Gasteiger partial charge in [0.1, 0.15) is 0 Å². The number of anilines is 2. The molecule has 2 aliphatic heterocycles. The molecule has 120 valence electrons. The molecule has 2 saturated heterocycles. The molecule has 0 aliphatic carbocycles. The molecule has 1 aromatic carbocycles. The van der Waals surface area contributed by atoms with E-state index < -0.39 is 0 Å². The molecule has 2 aliphatic rings. The molecule has 22 heavy (non-hydrogen) atoms. The molecular weight excluding hydrogens is 274 g/mol. The van der Waals surface area contributed by atoms with Gasteiger partial charge in [-0.3, -0.25) is 4.79 Å². The van der Waals surface area contributed by atoms with Gasteiger partial charge in [-0.25, -0.2) is 0 Å². The van der Waals surface area contributed by atoms with E-state index in [1.807, 2.05) is 12.1 Å². The van der Waals surface area contributed by atoms with E-state index >= 15 is 0 Å². The molecule has 4 heteroatoms. The van der Waals surface area contributed by atoms with E-state index in [4.69, 9.17) is 5.73 Å². The first-order valence-corrected chi connectivity index (χ1v) is 8.63. The van der Waals surface area contributed by atoms with Crippen LogP contribution in [0.3, 0.4) is 0 Å². The monoisotopic (exact) mass is 301 g/mol. The lowest BCUT2D eigenvalue weighted by Crippen LogP contribution is -2.45. The standard InChI is InChI=1S/C18H27N3O/c19-16-7-9-17(10-8-16)21-13-5-6-15(14-21)18(22)20-11-3-1-2-4-12-20/h7-10,15H,1-6,11-14,19H2. The molecule has 1 atom stereocenters. The molecule has 0 spiro atoms. The lowest BCUT2D eigenvalue weighted by Gasteiger charge is -2.36. The first-order chi connectivity index (χ1) is 10.7. The predicted octanol–water partition coefficient (Wildman–Crippen LogP) is 2.89. The van der Waals surface area contributed by atoms with Crippen LogP contribution in [0.4, 0.5) is 11.4 Å². The van der Waals surface area contributed by atoms with Crippen LogP contribution in [0.25, 0.3) is 0 Å². The fourth-order valence-corrected chi connectivity index (χ4v) is 3.65. The normalized spacial score (nSPS) is 23.2. The van der Waals surface area contributed by atoms with E-state index in [-0.39, 0.29) is 5.92 Å². The smallest absolute Gasteiger partial charge is 0.227 e. The molecule has 2 fully saturated rings. The molecule has 2 heterocycles. The van der Waals surface area contributed by atoms with Crippen molar-refractivity contribution in [2.24, 2.45) is 5.92 Å². The number of nitrogen functional groups attached to an aromatic ring is 1. The van der Waals surface area contributed by atoms with Crippen LogP contribution in [0.5, 0.6) is 0 Å². The average molecular weight is 301 g/mol. The zero-order chi connectivity index (χ0) is 15.4. The zero-order valence-corrected chi connectivity index (χ0v) is 13.3. The van der Waals surface area contributed by atoms with Crippen molar-refractivity contribution in [1.29, 1.82) is 0 Å². The van der Waals surface area contributed by atoms with Crippen molar-refractivity contribution in [3.05, 3.63) is 24.3 Å². The lowest BCUT2D eigenvalue weighted by atomic mass is 9.95. The second kappa shape index (κ2) is 7.03. The molecule has 0 saturated carbocycles. The summed E-state index contributed by atoms with van der Waals surface area (Å²) in [6.45, 7) is 3.79. The third kappa shape index (κ3) is 3.54. The Morgan fingerprint density at radius 3 is 2.32 bits per heavy atom. The SMILES string of the molecule is Nc1ccc(N2CCCC(C(=O)N3CCCCCC3)C2)cc1. The highest BCUT2D eigenvalue weighted by molar-refractivity contribution is 5.80. The van der Waals surface area contributed by atoms with Crippen molar-refractivity contribution < 1.29 is 4.79 Å². The molecule has 4 nitrogen and oxygen atoms in total. The molecule has 0 bridgehead atoms. The first-order valence-electron chi connectivity index (χ1n) is 8.63. The summed E-state index contributed by atoms with van der Waals surface area (Å²) in [5.41, 5.74) is 7.74. The second-order valence-corrected chi connectivity index (χ2v) is 6.62. The summed E-state index contributed by atoms with van der Waals surface area (Å²) in [6, 6.07) is 8.01. The maximum atomic E-state index is 12.8. The van der Waals surface area contributed by atoms with Crippen LogP contribution in [-0.2, 0) is 4.79 Å². The van der Waals surface area contributed by atoms with Gasteiger partial charge in [-0.05, 0) is 49.9 Å². The Kier molecular flexibility index (Phi) is 4.86. The van der Waals surface area contributed by atoms with Crippen LogP contribution >= 0.6 is 0 Å². The van der Waals surface area contributed by atoms with E-state index in [1.165, 1.54) is 31.4 Å². The highest BCUT2D eigenvalue weighted by Crippen LogP contribution is 2.26. The molecular formula is C18H27N3O. The molecule has 3 rings (SSSR count). The van der Waals surface area contributed by atoms with Crippen LogP contribution in [0, 0.1) is 5.92 Å². The van der Waals surface area contributed by atoms with Crippen molar-refractivity contribution in [2.75, 3.05) is 36.8 Å². The third-order valence-corrected chi connectivity index (χ3v) is 4.95. The van der Waals surface area contributed by atoms with Gasteiger partial charge in [-0.2, -0.15) is 0 Å². The zero-order valence-electron chi connectivity index (χ0n) is 13.3. The molecule has 1 unspecified atom stereocenters. The second-order valence-electron chi connectivity index (χ2n) is 6.62. The van der Waals surface area contributed by atoms with Gasteiger partial charge in [0, 0.05) is 37.6 Å². The topological polar surface area (TPSA) is 49.6 Å². The first kappa shape index (κ1) is 15.2. The fraction of sp³-hybridized carbons (Fsp3) is 0.611. The number of likely N-dealkylation sites (tertiary alicyclic amines) is 1. The fourth-order valence-electron chi connectivity index (χ4n) is 3.65. The minimum Gasteiger partial charge on any atom is -0.399 e. The Morgan fingerprint density at radius 1 is 0.955 bits per heavy atom. The summed E-state index contributed by atoms with van der Waals surface area (Å²) in [6.07, 6.45) is 6.99. The Bertz CT molecular complexity index is 492. The summed E-state index contributed by atoms with van der Waals surface area (Å²) in [5, 5.41) is 0. The lowest BCUT2D eigenvalue weighted by molar-refractivity contribution is -0.135. The average Bonchev–Trinajstić information content (AvgIpc) is 2.84. The van der Waals surface area contributed by atoms with Crippen LogP contribution in [0.1, 0.15) is 38.5 Å². The number of benzene rings is 1. The molecule has 1 amide bonds. The van der Waals surface area contributed by atoms with E-state index in [9.17, 15) is 4.79 Å². The molecule has 2 N–H and O–H groups in total.